The highest BCUT2D eigenvalue weighted by Gasteiger charge is 2.35. The number of esters is 1. The maximum atomic E-state index is 12.1. The highest BCUT2D eigenvalue weighted by Crippen LogP contribution is 2.32. The normalized spacial score (nSPS) is 23.8. The maximum Gasteiger partial charge on any atom is 0.345 e. The minimum absolute atomic E-state index is 0.0297. The average Bonchev–Trinajstić information content (AvgIpc) is 2.79. The molecule has 0 radical (unpaired) electrons. The van der Waals surface area contributed by atoms with Crippen LogP contribution in [0.4, 0.5) is 11.4 Å². The van der Waals surface area contributed by atoms with E-state index in [4.69, 9.17) is 4.74 Å². The van der Waals surface area contributed by atoms with Crippen LogP contribution in [0.5, 0.6) is 0 Å². The Balaban J connectivity index is 1.89. The molecule has 2 atom stereocenters. The minimum Gasteiger partial charge on any atom is -0.462 e. The van der Waals surface area contributed by atoms with Gasteiger partial charge in [0.05, 0.1) is 11.5 Å². The van der Waals surface area contributed by atoms with Crippen molar-refractivity contribution in [1.82, 2.24) is 4.90 Å². The molecule has 7 heteroatoms. The van der Waals surface area contributed by atoms with Crippen LogP contribution in [0.25, 0.3) is 0 Å². The van der Waals surface area contributed by atoms with E-state index in [1.807, 2.05) is 0 Å². The summed E-state index contributed by atoms with van der Waals surface area (Å²) in [6, 6.07) is 5.87. The van der Waals surface area contributed by atoms with Crippen LogP contribution in [-0.4, -0.2) is 54.6 Å². The molecule has 0 amide bonds. The lowest BCUT2D eigenvalue weighted by Gasteiger charge is -2.27. The molecule has 1 aromatic carbocycles. The van der Waals surface area contributed by atoms with Gasteiger partial charge in [-0.25, -0.2) is 4.79 Å². The summed E-state index contributed by atoms with van der Waals surface area (Å²) < 4.78 is 4.98. The highest BCUT2D eigenvalue weighted by atomic mass is 16.6. The number of nitro groups is 1. The van der Waals surface area contributed by atoms with E-state index in [9.17, 15) is 14.9 Å². The first-order chi connectivity index (χ1) is 11.5. The van der Waals surface area contributed by atoms with Crippen molar-refractivity contribution >= 4 is 17.3 Å². The molecule has 2 aliphatic heterocycles. The molecule has 3 rings (SSSR count). The molecule has 0 N–H and O–H groups in total. The number of rotatable bonds is 4. The summed E-state index contributed by atoms with van der Waals surface area (Å²) in [5, 5.41) is 11.2. The third-order valence-corrected chi connectivity index (χ3v) is 5.19. The number of carbonyl (C=O) groups is 1. The fourth-order valence-electron chi connectivity index (χ4n) is 3.80. The standard InChI is InChI=1S/C17H23N3O4/c1-3-24-17(21)15-10-13(6-7-16(15)20(22)23)19-9-8-12-4-5-14(11-19)18(12)2/h6-7,10,12,14H,3-5,8-9,11H2,1-2H3. The summed E-state index contributed by atoms with van der Waals surface area (Å²) in [7, 11) is 2.17. The van der Waals surface area contributed by atoms with Gasteiger partial charge in [-0.05, 0) is 45.4 Å². The van der Waals surface area contributed by atoms with Crippen molar-refractivity contribution < 1.29 is 14.5 Å². The van der Waals surface area contributed by atoms with Gasteiger partial charge < -0.3 is 9.64 Å². The Bertz CT molecular complexity index is 649. The van der Waals surface area contributed by atoms with Gasteiger partial charge in [-0.3, -0.25) is 15.0 Å². The van der Waals surface area contributed by atoms with E-state index in [0.717, 1.165) is 25.2 Å². The van der Waals surface area contributed by atoms with Gasteiger partial charge in [0.25, 0.3) is 5.69 Å². The average molecular weight is 333 g/mol. The van der Waals surface area contributed by atoms with Crippen LogP contribution in [0.15, 0.2) is 18.2 Å². The van der Waals surface area contributed by atoms with Gasteiger partial charge in [-0.1, -0.05) is 0 Å². The second-order valence-corrected chi connectivity index (χ2v) is 6.46. The highest BCUT2D eigenvalue weighted by molar-refractivity contribution is 5.95. The molecule has 7 nitrogen and oxygen atoms in total. The van der Waals surface area contributed by atoms with Gasteiger partial charge in [-0.2, -0.15) is 0 Å². The predicted molar refractivity (Wildman–Crippen MR) is 90.5 cm³/mol. The fraction of sp³-hybridized carbons (Fsp3) is 0.588. The number of nitrogens with zero attached hydrogens (tertiary/aromatic N) is 3. The molecule has 2 heterocycles. The van der Waals surface area contributed by atoms with Crippen molar-refractivity contribution in [1.29, 1.82) is 0 Å². The lowest BCUT2D eigenvalue weighted by molar-refractivity contribution is -0.385. The molecule has 2 unspecified atom stereocenters. The van der Waals surface area contributed by atoms with E-state index in [2.05, 4.69) is 16.8 Å². The summed E-state index contributed by atoms with van der Waals surface area (Å²) in [6.45, 7) is 3.66. The second kappa shape index (κ2) is 6.76. The number of benzene rings is 1. The molecule has 0 aliphatic carbocycles. The van der Waals surface area contributed by atoms with E-state index in [1.54, 1.807) is 19.1 Å². The van der Waals surface area contributed by atoms with Gasteiger partial charge in [0.2, 0.25) is 0 Å². The lowest BCUT2D eigenvalue weighted by atomic mass is 10.1. The van der Waals surface area contributed by atoms with E-state index < -0.39 is 10.9 Å². The number of fused-ring (bicyclic) bond motifs is 2. The number of ether oxygens (including phenoxy) is 1. The molecule has 0 saturated carbocycles. The number of hydrogen-bond donors (Lipinski definition) is 0. The number of hydrogen-bond acceptors (Lipinski definition) is 6. The van der Waals surface area contributed by atoms with Gasteiger partial charge in [0.15, 0.2) is 0 Å². The van der Waals surface area contributed by atoms with Crippen molar-refractivity contribution in [2.75, 3.05) is 31.6 Å². The first-order valence-corrected chi connectivity index (χ1v) is 8.43. The number of nitro benzene ring substituents is 1. The molecule has 2 aliphatic rings. The van der Waals surface area contributed by atoms with Crippen LogP contribution in [0, 0.1) is 10.1 Å². The molecule has 2 fully saturated rings. The van der Waals surface area contributed by atoms with Crippen molar-refractivity contribution in [3.63, 3.8) is 0 Å². The fourth-order valence-corrected chi connectivity index (χ4v) is 3.80. The zero-order valence-corrected chi connectivity index (χ0v) is 14.1. The largest absolute Gasteiger partial charge is 0.462 e. The van der Waals surface area contributed by atoms with Crippen LogP contribution in [0.2, 0.25) is 0 Å². The quantitative estimate of drug-likeness (QED) is 0.478. The van der Waals surface area contributed by atoms with Crippen LogP contribution in [0.1, 0.15) is 36.5 Å². The first kappa shape index (κ1) is 16.7. The SMILES string of the molecule is CCOC(=O)c1cc(N2CCC3CCC(C2)N3C)ccc1[N+](=O)[O-]. The molecular weight excluding hydrogens is 310 g/mol. The molecule has 1 aromatic rings. The van der Waals surface area contributed by atoms with Gasteiger partial charge >= 0.3 is 5.97 Å². The van der Waals surface area contributed by atoms with Gasteiger partial charge in [0, 0.05) is 36.9 Å². The van der Waals surface area contributed by atoms with E-state index >= 15 is 0 Å². The Morgan fingerprint density at radius 1 is 1.33 bits per heavy atom. The zero-order chi connectivity index (χ0) is 17.3. The Morgan fingerprint density at radius 2 is 2.08 bits per heavy atom. The predicted octanol–water partition coefficient (Wildman–Crippen LogP) is 2.44. The third kappa shape index (κ3) is 3.08. The molecule has 2 saturated heterocycles. The summed E-state index contributed by atoms with van der Waals surface area (Å²) in [6.07, 6.45) is 3.48. The minimum atomic E-state index is -0.639. The Hall–Kier alpha value is -2.15. The van der Waals surface area contributed by atoms with Crippen molar-refractivity contribution in [3.05, 3.63) is 33.9 Å². The Kier molecular flexibility index (Phi) is 4.71. The van der Waals surface area contributed by atoms with Crippen LogP contribution in [0.3, 0.4) is 0 Å². The van der Waals surface area contributed by atoms with Crippen molar-refractivity contribution in [3.8, 4) is 0 Å². The van der Waals surface area contributed by atoms with Crippen molar-refractivity contribution in [2.45, 2.75) is 38.3 Å². The monoisotopic (exact) mass is 333 g/mol. The van der Waals surface area contributed by atoms with Gasteiger partial charge in [0.1, 0.15) is 5.56 Å². The molecule has 0 aromatic heterocycles. The van der Waals surface area contributed by atoms with E-state index in [0.29, 0.717) is 12.1 Å². The zero-order valence-electron chi connectivity index (χ0n) is 14.1. The number of anilines is 1. The molecule has 24 heavy (non-hydrogen) atoms. The summed E-state index contributed by atoms with van der Waals surface area (Å²) in [4.78, 5) is 27.4. The molecule has 2 bridgehead atoms. The third-order valence-electron chi connectivity index (χ3n) is 5.19. The molecule has 0 spiro atoms. The lowest BCUT2D eigenvalue weighted by Crippen LogP contribution is -2.36. The van der Waals surface area contributed by atoms with Crippen LogP contribution in [-0.2, 0) is 4.74 Å². The first-order valence-electron chi connectivity index (χ1n) is 8.43. The van der Waals surface area contributed by atoms with Gasteiger partial charge in [-0.15, -0.1) is 0 Å². The number of likely N-dealkylation sites (N-methyl/N-ethyl adjacent to an activating group) is 1. The molecular formula is C17H23N3O4. The van der Waals surface area contributed by atoms with Crippen LogP contribution < -0.4 is 4.90 Å². The smallest absolute Gasteiger partial charge is 0.345 e. The summed E-state index contributed by atoms with van der Waals surface area (Å²) in [5.74, 6) is -0.639. The van der Waals surface area contributed by atoms with E-state index in [1.165, 1.54) is 18.9 Å². The van der Waals surface area contributed by atoms with Crippen LogP contribution >= 0.6 is 0 Å². The molecule has 130 valence electrons. The summed E-state index contributed by atoms with van der Waals surface area (Å²) >= 11 is 0. The maximum absolute atomic E-state index is 12.1. The summed E-state index contributed by atoms with van der Waals surface area (Å²) in [5.41, 5.74) is 0.678. The topological polar surface area (TPSA) is 75.9 Å². The second-order valence-electron chi connectivity index (χ2n) is 6.46. The van der Waals surface area contributed by atoms with Crippen molar-refractivity contribution in [2.24, 2.45) is 0 Å². The Morgan fingerprint density at radius 3 is 2.79 bits per heavy atom. The van der Waals surface area contributed by atoms with E-state index in [-0.39, 0.29) is 17.9 Å². The Labute approximate surface area is 141 Å². The number of carbonyl (C=O) groups excluding carboxylic acids is 1.